The first-order valence-electron chi connectivity index (χ1n) is 5.38. The summed E-state index contributed by atoms with van der Waals surface area (Å²) >= 11 is 0. The summed E-state index contributed by atoms with van der Waals surface area (Å²) in [5, 5.41) is 0. The molecule has 0 saturated carbocycles. The molecule has 0 spiro atoms. The van der Waals surface area contributed by atoms with Gasteiger partial charge in [0.05, 0.1) is 17.9 Å². The number of rotatable bonds is 5. The van der Waals surface area contributed by atoms with Crippen molar-refractivity contribution in [3.8, 4) is 0 Å². The molecule has 0 aromatic heterocycles. The maximum Gasteiger partial charge on any atom is 0.250 e. The van der Waals surface area contributed by atoms with Crippen molar-refractivity contribution in [2.24, 2.45) is 5.73 Å². The first-order chi connectivity index (χ1) is 7.97. The molecule has 0 aliphatic carbocycles. The Hall–Kier alpha value is -1.75. The van der Waals surface area contributed by atoms with E-state index in [1.165, 1.54) is 0 Å². The predicted octanol–water partition coefficient (Wildman–Crippen LogP) is 0.839. The van der Waals surface area contributed by atoms with Crippen LogP contribution < -0.4 is 16.4 Å². The molecule has 5 nitrogen and oxygen atoms in total. The summed E-state index contributed by atoms with van der Waals surface area (Å²) in [5.74, 6) is -0.462. The number of benzene rings is 1. The highest BCUT2D eigenvalue weighted by Crippen LogP contribution is 2.24. The molecular weight excluding hydrogens is 218 g/mol. The summed E-state index contributed by atoms with van der Waals surface area (Å²) in [6.45, 7) is 2.56. The number of likely N-dealkylation sites (N-methyl/N-ethyl adjacent to an activating group) is 1. The number of carbonyl (C=O) groups is 1. The van der Waals surface area contributed by atoms with Gasteiger partial charge in [0.1, 0.15) is 0 Å². The van der Waals surface area contributed by atoms with Crippen LogP contribution in [0.5, 0.6) is 0 Å². The summed E-state index contributed by atoms with van der Waals surface area (Å²) in [6.07, 6.45) is 0. The van der Waals surface area contributed by atoms with Gasteiger partial charge in [0, 0.05) is 25.9 Å². The third kappa shape index (κ3) is 3.10. The minimum absolute atomic E-state index is 0.125. The second kappa shape index (κ2) is 5.54. The summed E-state index contributed by atoms with van der Waals surface area (Å²) in [5.41, 5.74) is 12.9. The fourth-order valence-corrected chi connectivity index (χ4v) is 1.64. The number of hydrogen-bond donors (Lipinski definition) is 2. The number of primary amides is 1. The first kappa shape index (κ1) is 13.3. The highest BCUT2D eigenvalue weighted by molar-refractivity contribution is 5.99. The zero-order chi connectivity index (χ0) is 13.0. The summed E-state index contributed by atoms with van der Waals surface area (Å²) in [6, 6.07) is 5.17. The van der Waals surface area contributed by atoms with Gasteiger partial charge in [-0.2, -0.15) is 0 Å². The fraction of sp³-hybridized carbons (Fsp3) is 0.417. The topological polar surface area (TPSA) is 81.6 Å². The first-order valence-corrected chi connectivity index (χ1v) is 5.38. The number of anilines is 2. The van der Waals surface area contributed by atoms with Gasteiger partial charge in [-0.05, 0) is 25.1 Å². The van der Waals surface area contributed by atoms with Gasteiger partial charge in [0.15, 0.2) is 0 Å². The quantitative estimate of drug-likeness (QED) is 0.743. The van der Waals surface area contributed by atoms with Crippen molar-refractivity contribution in [3.63, 3.8) is 0 Å². The van der Waals surface area contributed by atoms with Gasteiger partial charge in [-0.25, -0.2) is 0 Å². The number of nitrogen functional groups attached to an aromatic ring is 1. The monoisotopic (exact) mass is 237 g/mol. The van der Waals surface area contributed by atoms with E-state index in [2.05, 4.69) is 0 Å². The van der Waals surface area contributed by atoms with Gasteiger partial charge in [-0.15, -0.1) is 0 Å². The average molecular weight is 237 g/mol. The number of nitrogens with two attached hydrogens (primary N) is 2. The van der Waals surface area contributed by atoms with E-state index in [4.69, 9.17) is 16.2 Å². The van der Waals surface area contributed by atoms with E-state index < -0.39 is 5.91 Å². The molecule has 0 aliphatic rings. The van der Waals surface area contributed by atoms with Crippen LogP contribution in [0.2, 0.25) is 0 Å². The number of hydrogen-bond acceptors (Lipinski definition) is 4. The van der Waals surface area contributed by atoms with Crippen LogP contribution in [0.15, 0.2) is 18.2 Å². The molecule has 1 aromatic rings. The number of carbonyl (C=O) groups excluding carboxylic acids is 1. The Morgan fingerprint density at radius 1 is 1.53 bits per heavy atom. The Labute approximate surface area is 101 Å². The molecule has 0 aliphatic heterocycles. The van der Waals surface area contributed by atoms with Gasteiger partial charge < -0.3 is 21.1 Å². The van der Waals surface area contributed by atoms with E-state index >= 15 is 0 Å². The molecule has 17 heavy (non-hydrogen) atoms. The average Bonchev–Trinajstić information content (AvgIpc) is 2.27. The summed E-state index contributed by atoms with van der Waals surface area (Å²) in [7, 11) is 3.52. The van der Waals surface area contributed by atoms with Crippen LogP contribution in [0.3, 0.4) is 0 Å². The largest absolute Gasteiger partial charge is 0.399 e. The summed E-state index contributed by atoms with van der Waals surface area (Å²) in [4.78, 5) is 13.3. The van der Waals surface area contributed by atoms with Crippen LogP contribution in [-0.2, 0) is 4.74 Å². The normalized spacial score (nSPS) is 12.2. The van der Waals surface area contributed by atoms with Gasteiger partial charge in [-0.1, -0.05) is 0 Å². The number of nitrogens with zero attached hydrogens (tertiary/aromatic N) is 1. The standard InChI is InChI=1S/C12H19N3O2/c1-8(7-17-3)15(2)11-6-9(13)4-5-10(11)12(14)16/h4-6,8H,7,13H2,1-3H3,(H2,14,16). The molecule has 1 unspecified atom stereocenters. The van der Waals surface area contributed by atoms with Gasteiger partial charge >= 0.3 is 0 Å². The molecule has 0 saturated heterocycles. The van der Waals surface area contributed by atoms with Crippen LogP contribution in [0, 0.1) is 0 Å². The molecule has 0 bridgehead atoms. The van der Waals surface area contributed by atoms with E-state index in [0.717, 1.165) is 5.69 Å². The zero-order valence-corrected chi connectivity index (χ0v) is 10.4. The molecule has 0 heterocycles. The smallest absolute Gasteiger partial charge is 0.250 e. The van der Waals surface area contributed by atoms with Crippen LogP contribution in [0.25, 0.3) is 0 Å². The van der Waals surface area contributed by atoms with E-state index in [9.17, 15) is 4.79 Å². The van der Waals surface area contributed by atoms with Gasteiger partial charge in [-0.3, -0.25) is 4.79 Å². The van der Waals surface area contributed by atoms with Crippen molar-refractivity contribution in [2.75, 3.05) is 31.4 Å². The van der Waals surface area contributed by atoms with Gasteiger partial charge in [0.2, 0.25) is 0 Å². The third-order valence-corrected chi connectivity index (χ3v) is 2.74. The van der Waals surface area contributed by atoms with Crippen molar-refractivity contribution in [2.45, 2.75) is 13.0 Å². The van der Waals surface area contributed by atoms with Crippen LogP contribution in [0.4, 0.5) is 11.4 Å². The molecular formula is C12H19N3O2. The molecule has 0 radical (unpaired) electrons. The fourth-order valence-electron chi connectivity index (χ4n) is 1.64. The molecule has 1 aromatic carbocycles. The second-order valence-electron chi connectivity index (χ2n) is 4.06. The van der Waals surface area contributed by atoms with Crippen molar-refractivity contribution < 1.29 is 9.53 Å². The molecule has 4 N–H and O–H groups in total. The Morgan fingerprint density at radius 2 is 2.18 bits per heavy atom. The van der Waals surface area contributed by atoms with Crippen molar-refractivity contribution in [1.82, 2.24) is 0 Å². The van der Waals surface area contributed by atoms with Crippen molar-refractivity contribution in [3.05, 3.63) is 23.8 Å². The zero-order valence-electron chi connectivity index (χ0n) is 10.4. The molecule has 94 valence electrons. The minimum Gasteiger partial charge on any atom is -0.399 e. The SMILES string of the molecule is COCC(C)N(C)c1cc(N)ccc1C(N)=O. The number of ether oxygens (including phenoxy) is 1. The third-order valence-electron chi connectivity index (χ3n) is 2.74. The lowest BCUT2D eigenvalue weighted by atomic mass is 10.1. The van der Waals surface area contributed by atoms with E-state index in [-0.39, 0.29) is 6.04 Å². The molecule has 1 rings (SSSR count). The highest BCUT2D eigenvalue weighted by Gasteiger charge is 2.16. The minimum atomic E-state index is -0.462. The van der Waals surface area contributed by atoms with Crippen LogP contribution >= 0.6 is 0 Å². The van der Waals surface area contributed by atoms with Crippen LogP contribution in [-0.4, -0.2) is 32.7 Å². The lowest BCUT2D eigenvalue weighted by Crippen LogP contribution is -2.34. The lowest BCUT2D eigenvalue weighted by molar-refractivity contribution is 0.100. The highest BCUT2D eigenvalue weighted by atomic mass is 16.5. The van der Waals surface area contributed by atoms with Crippen LogP contribution in [0.1, 0.15) is 17.3 Å². The molecule has 0 fully saturated rings. The Kier molecular flexibility index (Phi) is 4.34. The Morgan fingerprint density at radius 3 is 2.71 bits per heavy atom. The van der Waals surface area contributed by atoms with E-state index in [1.54, 1.807) is 25.3 Å². The van der Waals surface area contributed by atoms with Crippen molar-refractivity contribution >= 4 is 17.3 Å². The maximum atomic E-state index is 11.3. The number of amides is 1. The Bertz CT molecular complexity index is 407. The van der Waals surface area contributed by atoms with E-state index in [0.29, 0.717) is 17.9 Å². The lowest BCUT2D eigenvalue weighted by Gasteiger charge is -2.28. The van der Waals surface area contributed by atoms with E-state index in [1.807, 2.05) is 18.9 Å². The number of methoxy groups -OCH3 is 1. The van der Waals surface area contributed by atoms with Gasteiger partial charge in [0.25, 0.3) is 5.91 Å². The molecule has 1 amide bonds. The maximum absolute atomic E-state index is 11.3. The summed E-state index contributed by atoms with van der Waals surface area (Å²) < 4.78 is 5.09. The molecule has 1 atom stereocenters. The van der Waals surface area contributed by atoms with Crippen molar-refractivity contribution in [1.29, 1.82) is 0 Å². The molecule has 5 heteroatoms. The predicted molar refractivity (Wildman–Crippen MR) is 69.1 cm³/mol. The second-order valence-corrected chi connectivity index (χ2v) is 4.06. The Balaban J connectivity index is 3.10.